The molecule has 0 aliphatic heterocycles. The fraction of sp³-hybridized carbons (Fsp3) is 0.750. The fourth-order valence-electron chi connectivity index (χ4n) is 1.28. The van der Waals surface area contributed by atoms with Crippen molar-refractivity contribution in [3.8, 4) is 0 Å². The molecule has 0 spiro atoms. The molecule has 0 heterocycles. The Morgan fingerprint density at radius 1 is 1.30 bits per heavy atom. The molecule has 1 unspecified atom stereocenters. The topological polar surface area (TPSA) is 34.1 Å². The second kappa shape index (κ2) is 2.95. The van der Waals surface area contributed by atoms with Gasteiger partial charge < -0.3 is 0 Å². The van der Waals surface area contributed by atoms with Crippen molar-refractivity contribution in [1.29, 1.82) is 0 Å². The van der Waals surface area contributed by atoms with Gasteiger partial charge in [-0.3, -0.25) is 9.59 Å². The standard InChI is InChI=1S/C8H12O2/c1-6-3-2-4-7(9)8(10)5-6/h6H,2-5H2,1H3. The quantitative estimate of drug-likeness (QED) is 0.376. The first-order valence-electron chi connectivity index (χ1n) is 3.76. The molecule has 1 aliphatic rings. The van der Waals surface area contributed by atoms with Crippen molar-refractivity contribution in [3.05, 3.63) is 0 Å². The first-order valence-corrected chi connectivity index (χ1v) is 3.76. The Bertz CT molecular complexity index is 161. The van der Waals surface area contributed by atoms with Gasteiger partial charge in [-0.1, -0.05) is 6.92 Å². The molecule has 0 bridgehead atoms. The second-order valence-electron chi connectivity index (χ2n) is 3.05. The molecule has 0 saturated heterocycles. The summed E-state index contributed by atoms with van der Waals surface area (Å²) in [5.74, 6) is 0.0910. The van der Waals surface area contributed by atoms with E-state index in [0.29, 0.717) is 18.8 Å². The zero-order valence-corrected chi connectivity index (χ0v) is 6.22. The SMILES string of the molecule is CC1CCCC(=O)C(=O)C1. The van der Waals surface area contributed by atoms with Crippen LogP contribution in [0.2, 0.25) is 0 Å². The van der Waals surface area contributed by atoms with E-state index in [1.807, 2.05) is 6.92 Å². The van der Waals surface area contributed by atoms with Gasteiger partial charge in [0, 0.05) is 12.8 Å². The van der Waals surface area contributed by atoms with Crippen LogP contribution in [0.1, 0.15) is 32.6 Å². The summed E-state index contributed by atoms with van der Waals surface area (Å²) < 4.78 is 0. The molecule has 2 nitrogen and oxygen atoms in total. The number of hydrogen-bond acceptors (Lipinski definition) is 2. The van der Waals surface area contributed by atoms with Crippen molar-refractivity contribution >= 4 is 11.6 Å². The lowest BCUT2D eigenvalue weighted by atomic mass is 10.0. The average molecular weight is 140 g/mol. The van der Waals surface area contributed by atoms with Crippen molar-refractivity contribution in [2.75, 3.05) is 0 Å². The Balaban J connectivity index is 2.57. The summed E-state index contributed by atoms with van der Waals surface area (Å²) in [5, 5.41) is 0. The van der Waals surface area contributed by atoms with E-state index in [0.717, 1.165) is 12.8 Å². The van der Waals surface area contributed by atoms with Crippen molar-refractivity contribution in [1.82, 2.24) is 0 Å². The molecule has 0 N–H and O–H groups in total. The summed E-state index contributed by atoms with van der Waals surface area (Å²) in [7, 11) is 0. The van der Waals surface area contributed by atoms with E-state index in [-0.39, 0.29) is 11.6 Å². The largest absolute Gasteiger partial charge is 0.291 e. The summed E-state index contributed by atoms with van der Waals surface area (Å²) in [6.45, 7) is 2.02. The molecule has 0 radical (unpaired) electrons. The molecule has 1 fully saturated rings. The van der Waals surface area contributed by atoms with Gasteiger partial charge in [0.05, 0.1) is 0 Å². The number of rotatable bonds is 0. The van der Waals surface area contributed by atoms with Crippen LogP contribution in [0.5, 0.6) is 0 Å². The highest BCUT2D eigenvalue weighted by Gasteiger charge is 2.20. The van der Waals surface area contributed by atoms with E-state index in [9.17, 15) is 9.59 Å². The van der Waals surface area contributed by atoms with Crippen molar-refractivity contribution in [2.24, 2.45) is 5.92 Å². The van der Waals surface area contributed by atoms with Crippen LogP contribution in [0.15, 0.2) is 0 Å². The van der Waals surface area contributed by atoms with Crippen LogP contribution < -0.4 is 0 Å². The van der Waals surface area contributed by atoms with Crippen LogP contribution in [-0.4, -0.2) is 11.6 Å². The van der Waals surface area contributed by atoms with Gasteiger partial charge in [0.15, 0.2) is 11.6 Å². The van der Waals surface area contributed by atoms with Crippen molar-refractivity contribution < 1.29 is 9.59 Å². The third-order valence-electron chi connectivity index (χ3n) is 1.95. The molecule has 2 heteroatoms. The zero-order valence-electron chi connectivity index (χ0n) is 6.22. The number of Topliss-reactive ketones (excluding diaryl/α,β-unsaturated/α-hetero) is 2. The third kappa shape index (κ3) is 1.66. The normalized spacial score (nSPS) is 28.3. The first-order chi connectivity index (χ1) is 4.70. The molecule has 1 aliphatic carbocycles. The van der Waals surface area contributed by atoms with E-state index in [1.54, 1.807) is 0 Å². The van der Waals surface area contributed by atoms with Crippen molar-refractivity contribution in [2.45, 2.75) is 32.6 Å². The molecule has 56 valence electrons. The minimum Gasteiger partial charge on any atom is -0.291 e. The predicted octanol–water partition coefficient (Wildman–Crippen LogP) is 1.33. The summed E-state index contributed by atoms with van der Waals surface area (Å²) in [4.78, 5) is 21.7. The maximum atomic E-state index is 10.9. The highest BCUT2D eigenvalue weighted by molar-refractivity contribution is 6.37. The molecule has 0 aromatic rings. The number of carbonyl (C=O) groups excluding carboxylic acids is 2. The highest BCUT2D eigenvalue weighted by Crippen LogP contribution is 2.17. The molecule has 1 rings (SSSR count). The van der Waals surface area contributed by atoms with Crippen LogP contribution in [-0.2, 0) is 9.59 Å². The second-order valence-corrected chi connectivity index (χ2v) is 3.05. The van der Waals surface area contributed by atoms with Crippen molar-refractivity contribution in [3.63, 3.8) is 0 Å². The van der Waals surface area contributed by atoms with Crippen LogP contribution in [0.4, 0.5) is 0 Å². The molecule has 0 amide bonds. The zero-order chi connectivity index (χ0) is 7.56. The summed E-state index contributed by atoms with van der Waals surface area (Å²) in [6.07, 6.45) is 2.87. The van der Waals surface area contributed by atoms with Crippen LogP contribution >= 0.6 is 0 Å². The average Bonchev–Trinajstić information content (AvgIpc) is 1.96. The van der Waals surface area contributed by atoms with E-state index in [4.69, 9.17) is 0 Å². The lowest BCUT2D eigenvalue weighted by molar-refractivity contribution is -0.136. The highest BCUT2D eigenvalue weighted by atomic mass is 16.2. The van der Waals surface area contributed by atoms with Crippen LogP contribution in [0.3, 0.4) is 0 Å². The fourth-order valence-corrected chi connectivity index (χ4v) is 1.28. The van der Waals surface area contributed by atoms with E-state index in [2.05, 4.69) is 0 Å². The maximum Gasteiger partial charge on any atom is 0.198 e. The van der Waals surface area contributed by atoms with Gasteiger partial charge in [-0.15, -0.1) is 0 Å². The van der Waals surface area contributed by atoms with E-state index >= 15 is 0 Å². The van der Waals surface area contributed by atoms with Crippen LogP contribution in [0, 0.1) is 5.92 Å². The summed E-state index contributed by atoms with van der Waals surface area (Å²) in [5.41, 5.74) is 0. The Morgan fingerprint density at radius 3 is 2.70 bits per heavy atom. The van der Waals surface area contributed by atoms with Gasteiger partial charge in [-0.25, -0.2) is 0 Å². The Morgan fingerprint density at radius 2 is 2.00 bits per heavy atom. The molecule has 10 heavy (non-hydrogen) atoms. The summed E-state index contributed by atoms with van der Waals surface area (Å²) >= 11 is 0. The van der Waals surface area contributed by atoms with Gasteiger partial charge in [0.25, 0.3) is 0 Å². The Kier molecular flexibility index (Phi) is 2.20. The molecule has 0 aromatic heterocycles. The minimum atomic E-state index is -0.163. The minimum absolute atomic E-state index is 0.162. The van der Waals surface area contributed by atoms with Gasteiger partial charge in [-0.05, 0) is 18.8 Å². The number of carbonyl (C=O) groups is 2. The van der Waals surface area contributed by atoms with Gasteiger partial charge >= 0.3 is 0 Å². The lowest BCUT2D eigenvalue weighted by Crippen LogP contribution is -2.12. The Labute approximate surface area is 60.6 Å². The van der Waals surface area contributed by atoms with E-state index in [1.165, 1.54) is 0 Å². The van der Waals surface area contributed by atoms with E-state index < -0.39 is 0 Å². The molecule has 1 saturated carbocycles. The summed E-state index contributed by atoms with van der Waals surface area (Å²) in [6, 6.07) is 0. The maximum absolute atomic E-state index is 10.9. The molecule has 0 aromatic carbocycles. The van der Waals surface area contributed by atoms with Gasteiger partial charge in [0.2, 0.25) is 0 Å². The van der Waals surface area contributed by atoms with Gasteiger partial charge in [-0.2, -0.15) is 0 Å². The molecule has 1 atom stereocenters. The van der Waals surface area contributed by atoms with Gasteiger partial charge in [0.1, 0.15) is 0 Å². The smallest absolute Gasteiger partial charge is 0.198 e. The molecular weight excluding hydrogens is 128 g/mol. The van der Waals surface area contributed by atoms with Crippen LogP contribution in [0.25, 0.3) is 0 Å². The predicted molar refractivity (Wildman–Crippen MR) is 37.6 cm³/mol. The molecular formula is C8H12O2. The number of ketones is 2. The monoisotopic (exact) mass is 140 g/mol. The number of hydrogen-bond donors (Lipinski definition) is 0. The lowest BCUT2D eigenvalue weighted by Gasteiger charge is -2.01. The third-order valence-corrected chi connectivity index (χ3v) is 1.95. The Hall–Kier alpha value is -0.660. The first kappa shape index (κ1) is 7.45.